The molecule has 0 spiro atoms. The van der Waals surface area contributed by atoms with Gasteiger partial charge in [-0.1, -0.05) is 18.2 Å². The molecule has 5 rings (SSSR count). The van der Waals surface area contributed by atoms with Gasteiger partial charge >= 0.3 is 0 Å². The molecule has 1 fully saturated rings. The summed E-state index contributed by atoms with van der Waals surface area (Å²) in [6.45, 7) is 2.64. The SMILES string of the molecule is COc1ccnc(N2CCN(C(=O)CN3C=C(c4ccc(F)cc4)CC=C3c3ccc(F)cc3)CC2)c1. The van der Waals surface area contributed by atoms with Gasteiger partial charge < -0.3 is 19.4 Å². The maximum Gasteiger partial charge on any atom is 0.242 e. The first-order chi connectivity index (χ1) is 18.0. The van der Waals surface area contributed by atoms with Gasteiger partial charge in [0.05, 0.1) is 7.11 Å². The van der Waals surface area contributed by atoms with Crippen LogP contribution >= 0.6 is 0 Å². The van der Waals surface area contributed by atoms with E-state index in [9.17, 15) is 13.6 Å². The van der Waals surface area contributed by atoms with Gasteiger partial charge in [0.15, 0.2) is 0 Å². The Morgan fingerprint density at radius 1 is 0.919 bits per heavy atom. The predicted octanol–water partition coefficient (Wildman–Crippen LogP) is 4.80. The minimum absolute atomic E-state index is 0.00266. The zero-order chi connectivity index (χ0) is 25.8. The maximum atomic E-state index is 13.6. The van der Waals surface area contributed by atoms with Crippen molar-refractivity contribution in [1.29, 1.82) is 0 Å². The number of rotatable bonds is 6. The fraction of sp³-hybridized carbons (Fsp3) is 0.241. The van der Waals surface area contributed by atoms with E-state index in [1.54, 1.807) is 37.6 Å². The molecular weight excluding hydrogens is 474 g/mol. The third kappa shape index (κ3) is 5.63. The molecule has 6 nitrogen and oxygen atoms in total. The number of benzene rings is 2. The summed E-state index contributed by atoms with van der Waals surface area (Å²) in [7, 11) is 1.63. The van der Waals surface area contributed by atoms with Crippen molar-refractivity contribution < 1.29 is 18.3 Å². The number of hydrogen-bond acceptors (Lipinski definition) is 5. The van der Waals surface area contributed by atoms with Gasteiger partial charge in [0, 0.05) is 50.3 Å². The van der Waals surface area contributed by atoms with Crippen molar-refractivity contribution in [3.8, 4) is 5.75 Å². The van der Waals surface area contributed by atoms with Gasteiger partial charge in [-0.15, -0.1) is 0 Å². The fourth-order valence-corrected chi connectivity index (χ4v) is 4.66. The molecule has 3 heterocycles. The molecule has 8 heteroatoms. The van der Waals surface area contributed by atoms with Crippen molar-refractivity contribution in [2.45, 2.75) is 6.42 Å². The van der Waals surface area contributed by atoms with Crippen LogP contribution in [0.5, 0.6) is 5.75 Å². The summed E-state index contributed by atoms with van der Waals surface area (Å²) in [5.74, 6) is 0.975. The Kier molecular flexibility index (Phi) is 7.16. The second kappa shape index (κ2) is 10.8. The Bertz CT molecular complexity index is 1310. The summed E-state index contributed by atoms with van der Waals surface area (Å²) in [6, 6.07) is 16.3. The lowest BCUT2D eigenvalue weighted by atomic mass is 9.98. The van der Waals surface area contributed by atoms with Crippen LogP contribution < -0.4 is 9.64 Å². The zero-order valence-electron chi connectivity index (χ0n) is 20.6. The van der Waals surface area contributed by atoms with Crippen LogP contribution in [0.4, 0.5) is 14.6 Å². The summed E-state index contributed by atoms with van der Waals surface area (Å²) in [5.41, 5.74) is 3.55. The summed E-state index contributed by atoms with van der Waals surface area (Å²) < 4.78 is 32.3. The highest BCUT2D eigenvalue weighted by Gasteiger charge is 2.26. The maximum absolute atomic E-state index is 13.6. The largest absolute Gasteiger partial charge is 0.497 e. The van der Waals surface area contributed by atoms with Crippen molar-refractivity contribution in [1.82, 2.24) is 14.8 Å². The highest BCUT2D eigenvalue weighted by molar-refractivity contribution is 5.83. The van der Waals surface area contributed by atoms with Crippen molar-refractivity contribution in [2.75, 3.05) is 44.7 Å². The number of pyridine rings is 1. The fourth-order valence-electron chi connectivity index (χ4n) is 4.66. The quantitative estimate of drug-likeness (QED) is 0.485. The highest BCUT2D eigenvalue weighted by Crippen LogP contribution is 2.32. The molecule has 3 aromatic rings. The number of nitrogens with zero attached hydrogens (tertiary/aromatic N) is 4. The summed E-state index contributed by atoms with van der Waals surface area (Å²) >= 11 is 0. The van der Waals surface area contributed by atoms with Gasteiger partial charge in [-0.3, -0.25) is 4.79 Å². The monoisotopic (exact) mass is 502 g/mol. The number of anilines is 1. The Labute approximate surface area is 215 Å². The number of methoxy groups -OCH3 is 1. The molecule has 2 aliphatic rings. The van der Waals surface area contributed by atoms with Crippen LogP contribution in [0.25, 0.3) is 11.3 Å². The second-order valence-electron chi connectivity index (χ2n) is 9.01. The molecule has 190 valence electrons. The first-order valence-electron chi connectivity index (χ1n) is 12.2. The Balaban J connectivity index is 1.31. The minimum Gasteiger partial charge on any atom is -0.497 e. The van der Waals surface area contributed by atoms with Gasteiger partial charge in [-0.25, -0.2) is 13.8 Å². The average Bonchev–Trinajstić information content (AvgIpc) is 2.94. The molecule has 0 aliphatic carbocycles. The third-order valence-corrected chi connectivity index (χ3v) is 6.71. The van der Waals surface area contributed by atoms with Crippen LogP contribution in [0.2, 0.25) is 0 Å². The number of ether oxygens (including phenoxy) is 1. The van der Waals surface area contributed by atoms with Crippen molar-refractivity contribution in [3.63, 3.8) is 0 Å². The van der Waals surface area contributed by atoms with E-state index in [0.29, 0.717) is 32.6 Å². The van der Waals surface area contributed by atoms with Crippen molar-refractivity contribution >= 4 is 23.0 Å². The molecule has 0 N–H and O–H groups in total. The Morgan fingerprint density at radius 2 is 1.57 bits per heavy atom. The summed E-state index contributed by atoms with van der Waals surface area (Å²) in [6.07, 6.45) is 6.32. The molecule has 37 heavy (non-hydrogen) atoms. The smallest absolute Gasteiger partial charge is 0.242 e. The van der Waals surface area contributed by atoms with E-state index in [2.05, 4.69) is 9.88 Å². The standard InChI is InChI=1S/C29H28F2N4O2/c1-37-26-12-13-32-28(18-26)33-14-16-34(17-15-33)29(36)20-35-19-23(21-2-7-24(30)8-3-21)6-11-27(35)22-4-9-25(31)10-5-22/h2-5,7-13,18-19H,6,14-17,20H2,1H3. The lowest BCUT2D eigenvalue weighted by molar-refractivity contribution is -0.131. The number of aromatic nitrogens is 1. The van der Waals surface area contributed by atoms with E-state index in [0.717, 1.165) is 34.0 Å². The van der Waals surface area contributed by atoms with E-state index in [-0.39, 0.29) is 24.1 Å². The van der Waals surface area contributed by atoms with E-state index >= 15 is 0 Å². The van der Waals surface area contributed by atoms with E-state index in [4.69, 9.17) is 4.74 Å². The van der Waals surface area contributed by atoms with E-state index in [1.807, 2.05) is 34.2 Å². The van der Waals surface area contributed by atoms with Gasteiger partial charge in [0.25, 0.3) is 0 Å². The van der Waals surface area contributed by atoms with Crippen LogP contribution in [0.3, 0.4) is 0 Å². The van der Waals surface area contributed by atoms with Gasteiger partial charge in [-0.05, 0) is 65.6 Å². The number of amides is 1. The van der Waals surface area contributed by atoms with Gasteiger partial charge in [-0.2, -0.15) is 0 Å². The molecule has 0 unspecified atom stereocenters. The number of carbonyl (C=O) groups excluding carboxylic acids is 1. The molecule has 0 radical (unpaired) electrons. The van der Waals surface area contributed by atoms with E-state index < -0.39 is 0 Å². The molecule has 0 atom stereocenters. The number of hydrogen-bond donors (Lipinski definition) is 0. The molecule has 1 amide bonds. The minimum atomic E-state index is -0.311. The lowest BCUT2D eigenvalue weighted by Crippen LogP contribution is -2.51. The molecule has 0 bridgehead atoms. The van der Waals surface area contributed by atoms with Crippen molar-refractivity contribution in [2.24, 2.45) is 0 Å². The van der Waals surface area contributed by atoms with Crippen LogP contribution in [-0.4, -0.2) is 60.5 Å². The van der Waals surface area contributed by atoms with Crippen molar-refractivity contribution in [3.05, 3.63) is 102 Å². The summed E-state index contributed by atoms with van der Waals surface area (Å²) in [5, 5.41) is 0. The molecular formula is C29H28F2N4O2. The molecule has 0 saturated carbocycles. The lowest BCUT2D eigenvalue weighted by Gasteiger charge is -2.37. The number of piperazine rings is 1. The van der Waals surface area contributed by atoms with Crippen LogP contribution in [0, 0.1) is 11.6 Å². The van der Waals surface area contributed by atoms with Gasteiger partial charge in [0.1, 0.15) is 29.7 Å². The normalized spacial score (nSPS) is 15.8. The average molecular weight is 503 g/mol. The first kappa shape index (κ1) is 24.5. The topological polar surface area (TPSA) is 48.9 Å². The van der Waals surface area contributed by atoms with Crippen LogP contribution in [0.15, 0.2) is 79.1 Å². The number of allylic oxidation sites excluding steroid dienone is 2. The van der Waals surface area contributed by atoms with Crippen LogP contribution in [0.1, 0.15) is 17.5 Å². The summed E-state index contributed by atoms with van der Waals surface area (Å²) in [4.78, 5) is 23.7. The Morgan fingerprint density at radius 3 is 2.22 bits per heavy atom. The number of carbonyl (C=O) groups is 1. The third-order valence-electron chi connectivity index (χ3n) is 6.71. The molecule has 1 aromatic heterocycles. The molecule has 2 aliphatic heterocycles. The first-order valence-corrected chi connectivity index (χ1v) is 12.2. The molecule has 2 aromatic carbocycles. The van der Waals surface area contributed by atoms with Gasteiger partial charge in [0.2, 0.25) is 5.91 Å². The van der Waals surface area contributed by atoms with E-state index in [1.165, 1.54) is 24.3 Å². The zero-order valence-corrected chi connectivity index (χ0v) is 20.6. The molecule has 1 saturated heterocycles. The number of halogens is 2. The second-order valence-corrected chi connectivity index (χ2v) is 9.01. The predicted molar refractivity (Wildman–Crippen MR) is 140 cm³/mol. The van der Waals surface area contributed by atoms with Crippen LogP contribution in [-0.2, 0) is 4.79 Å². The Hall–Kier alpha value is -4.20. The highest BCUT2D eigenvalue weighted by atomic mass is 19.1.